The predicted octanol–water partition coefficient (Wildman–Crippen LogP) is 4.28. The highest BCUT2D eigenvalue weighted by atomic mass is 127. The van der Waals surface area contributed by atoms with Crippen molar-refractivity contribution in [1.29, 1.82) is 0 Å². The van der Waals surface area contributed by atoms with E-state index in [0.717, 1.165) is 24.5 Å². The summed E-state index contributed by atoms with van der Waals surface area (Å²) in [5, 5.41) is 16.3. The maximum Gasteiger partial charge on any atom is 0.191 e. The first-order valence-corrected chi connectivity index (χ1v) is 10.6. The van der Waals surface area contributed by atoms with E-state index in [1.165, 1.54) is 6.42 Å². The topological polar surface area (TPSA) is 59.9 Å². The number of rotatable bonds is 8. The Labute approximate surface area is 192 Å². The standard InChI is InChI=1S/C22H37FN4O.HI/c1-5-24-22(26-17(4)7-6-16(2)3)25-15-18-8-9-21(20(23)14-18)27-12-10-19(28)11-13-27;/h8-9,14,16-17,19,28H,5-7,10-13,15H2,1-4H3,(H2,24,25,26);1H. The van der Waals surface area contributed by atoms with Crippen molar-refractivity contribution in [1.82, 2.24) is 10.6 Å². The van der Waals surface area contributed by atoms with Gasteiger partial charge in [0.25, 0.3) is 0 Å². The van der Waals surface area contributed by atoms with Crippen LogP contribution >= 0.6 is 24.0 Å². The fourth-order valence-electron chi connectivity index (χ4n) is 3.39. The molecule has 5 nitrogen and oxygen atoms in total. The van der Waals surface area contributed by atoms with Crippen LogP contribution in [0.4, 0.5) is 10.1 Å². The van der Waals surface area contributed by atoms with Gasteiger partial charge in [-0.15, -0.1) is 24.0 Å². The molecule has 0 radical (unpaired) electrons. The highest BCUT2D eigenvalue weighted by Gasteiger charge is 2.19. The molecule has 1 fully saturated rings. The quantitative estimate of drug-likeness (QED) is 0.272. The summed E-state index contributed by atoms with van der Waals surface area (Å²) in [5.74, 6) is 1.24. The maximum absolute atomic E-state index is 14.6. The molecule has 1 aromatic rings. The highest BCUT2D eigenvalue weighted by molar-refractivity contribution is 14.0. The molecule has 1 aliphatic heterocycles. The summed E-state index contributed by atoms with van der Waals surface area (Å²) < 4.78 is 14.6. The lowest BCUT2D eigenvalue weighted by atomic mass is 10.0. The molecule has 1 aromatic carbocycles. The van der Waals surface area contributed by atoms with Crippen molar-refractivity contribution in [2.45, 2.75) is 72.1 Å². The van der Waals surface area contributed by atoms with E-state index in [-0.39, 0.29) is 35.9 Å². The first-order chi connectivity index (χ1) is 13.4. The number of nitrogens with one attached hydrogen (secondary N) is 2. The SMILES string of the molecule is CCNC(=NCc1ccc(N2CCC(O)CC2)c(F)c1)NC(C)CCC(C)C.I. The van der Waals surface area contributed by atoms with Gasteiger partial charge in [-0.3, -0.25) is 0 Å². The van der Waals surface area contributed by atoms with Gasteiger partial charge in [0.2, 0.25) is 0 Å². The molecule has 29 heavy (non-hydrogen) atoms. The molecule has 2 rings (SSSR count). The van der Waals surface area contributed by atoms with Gasteiger partial charge >= 0.3 is 0 Å². The van der Waals surface area contributed by atoms with Crippen LogP contribution in [0.25, 0.3) is 0 Å². The zero-order valence-electron chi connectivity index (χ0n) is 18.2. The van der Waals surface area contributed by atoms with Gasteiger partial charge in [-0.1, -0.05) is 19.9 Å². The number of benzene rings is 1. The molecule has 3 N–H and O–H groups in total. The van der Waals surface area contributed by atoms with Crippen molar-refractivity contribution in [3.63, 3.8) is 0 Å². The number of anilines is 1. The molecule has 0 amide bonds. The summed E-state index contributed by atoms with van der Waals surface area (Å²) in [4.78, 5) is 6.64. The Kier molecular flexibility index (Phi) is 11.9. The van der Waals surface area contributed by atoms with Crippen LogP contribution in [-0.2, 0) is 6.54 Å². The monoisotopic (exact) mass is 520 g/mol. The lowest BCUT2D eigenvalue weighted by Gasteiger charge is -2.31. The molecule has 7 heteroatoms. The third-order valence-electron chi connectivity index (χ3n) is 5.14. The van der Waals surface area contributed by atoms with Crippen LogP contribution in [0.3, 0.4) is 0 Å². The molecule has 0 saturated carbocycles. The normalized spacial score (nSPS) is 16.5. The van der Waals surface area contributed by atoms with E-state index >= 15 is 0 Å². The Balaban J connectivity index is 0.00000420. The number of aliphatic hydroxyl groups excluding tert-OH is 1. The molecule has 1 atom stereocenters. The third-order valence-corrected chi connectivity index (χ3v) is 5.14. The Morgan fingerprint density at radius 1 is 1.24 bits per heavy atom. The van der Waals surface area contributed by atoms with Crippen molar-refractivity contribution in [3.8, 4) is 0 Å². The van der Waals surface area contributed by atoms with Crippen molar-refractivity contribution in [2.24, 2.45) is 10.9 Å². The van der Waals surface area contributed by atoms with E-state index in [0.29, 0.717) is 50.1 Å². The molecule has 0 aromatic heterocycles. The first-order valence-electron chi connectivity index (χ1n) is 10.6. The van der Waals surface area contributed by atoms with Crippen molar-refractivity contribution in [2.75, 3.05) is 24.5 Å². The second-order valence-electron chi connectivity index (χ2n) is 8.22. The number of aliphatic imine (C=N–C) groups is 1. The number of hydrogen-bond acceptors (Lipinski definition) is 3. The molecule has 1 aliphatic rings. The van der Waals surface area contributed by atoms with Crippen molar-refractivity contribution in [3.05, 3.63) is 29.6 Å². The summed E-state index contributed by atoms with van der Waals surface area (Å²) >= 11 is 0. The Bertz CT molecular complexity index is 633. The second kappa shape index (κ2) is 13.3. The van der Waals surface area contributed by atoms with E-state index in [9.17, 15) is 9.50 Å². The zero-order valence-corrected chi connectivity index (χ0v) is 20.6. The molecule has 0 aliphatic carbocycles. The summed E-state index contributed by atoms with van der Waals surface area (Å²) in [6.45, 7) is 11.3. The average molecular weight is 520 g/mol. The van der Waals surface area contributed by atoms with Crippen LogP contribution in [0.2, 0.25) is 0 Å². The van der Waals surface area contributed by atoms with E-state index in [1.807, 2.05) is 24.0 Å². The minimum atomic E-state index is -0.257. The second-order valence-corrected chi connectivity index (χ2v) is 8.22. The molecule has 1 unspecified atom stereocenters. The largest absolute Gasteiger partial charge is 0.393 e. The number of piperidine rings is 1. The smallest absolute Gasteiger partial charge is 0.191 e. The zero-order chi connectivity index (χ0) is 20.5. The average Bonchev–Trinajstić information content (AvgIpc) is 2.65. The van der Waals surface area contributed by atoms with Crippen LogP contribution < -0.4 is 15.5 Å². The minimum Gasteiger partial charge on any atom is -0.393 e. The Morgan fingerprint density at radius 3 is 2.52 bits per heavy atom. The number of guanidine groups is 1. The van der Waals surface area contributed by atoms with Crippen LogP contribution in [0.5, 0.6) is 0 Å². The van der Waals surface area contributed by atoms with Crippen LogP contribution in [0.15, 0.2) is 23.2 Å². The maximum atomic E-state index is 14.6. The van der Waals surface area contributed by atoms with Gasteiger partial charge in [-0.05, 0) is 63.1 Å². The first kappa shape index (κ1) is 25.9. The molecule has 1 heterocycles. The van der Waals surface area contributed by atoms with Gasteiger partial charge in [0.15, 0.2) is 5.96 Å². The van der Waals surface area contributed by atoms with Crippen LogP contribution in [0, 0.1) is 11.7 Å². The van der Waals surface area contributed by atoms with Gasteiger partial charge in [0, 0.05) is 25.7 Å². The number of nitrogens with zero attached hydrogens (tertiary/aromatic N) is 2. The lowest BCUT2D eigenvalue weighted by Crippen LogP contribution is -2.42. The van der Waals surface area contributed by atoms with Gasteiger partial charge < -0.3 is 20.6 Å². The molecule has 1 saturated heterocycles. The Hall–Kier alpha value is -1.09. The van der Waals surface area contributed by atoms with Crippen LogP contribution in [0.1, 0.15) is 58.9 Å². The van der Waals surface area contributed by atoms with E-state index in [1.54, 1.807) is 6.07 Å². The molecule has 0 spiro atoms. The predicted molar refractivity (Wildman–Crippen MR) is 131 cm³/mol. The summed E-state index contributed by atoms with van der Waals surface area (Å²) in [5.41, 5.74) is 1.47. The highest BCUT2D eigenvalue weighted by Crippen LogP contribution is 2.24. The van der Waals surface area contributed by atoms with Crippen molar-refractivity contribution < 1.29 is 9.50 Å². The third kappa shape index (κ3) is 9.07. The van der Waals surface area contributed by atoms with Gasteiger partial charge in [0.05, 0.1) is 18.3 Å². The number of halogens is 2. The molecular formula is C22H38FIN4O. The number of aliphatic hydroxyl groups is 1. The summed E-state index contributed by atoms with van der Waals surface area (Å²) in [6.07, 6.45) is 3.40. The van der Waals surface area contributed by atoms with Gasteiger partial charge in [0.1, 0.15) is 5.82 Å². The van der Waals surface area contributed by atoms with Gasteiger partial charge in [-0.2, -0.15) is 0 Å². The Morgan fingerprint density at radius 2 is 1.93 bits per heavy atom. The van der Waals surface area contributed by atoms with Crippen LogP contribution in [-0.4, -0.2) is 42.8 Å². The number of hydrogen-bond donors (Lipinski definition) is 3. The van der Waals surface area contributed by atoms with Gasteiger partial charge in [-0.25, -0.2) is 9.38 Å². The molecule has 0 bridgehead atoms. The van der Waals surface area contributed by atoms with E-state index in [2.05, 4.69) is 36.4 Å². The van der Waals surface area contributed by atoms with E-state index < -0.39 is 0 Å². The van der Waals surface area contributed by atoms with Crippen molar-refractivity contribution >= 4 is 35.6 Å². The fourth-order valence-corrected chi connectivity index (χ4v) is 3.39. The molecular weight excluding hydrogens is 482 g/mol. The fraction of sp³-hybridized carbons (Fsp3) is 0.682. The summed E-state index contributed by atoms with van der Waals surface area (Å²) in [6, 6.07) is 5.70. The van der Waals surface area contributed by atoms with E-state index in [4.69, 9.17) is 0 Å². The lowest BCUT2D eigenvalue weighted by molar-refractivity contribution is 0.145. The molecule has 166 valence electrons. The minimum absolute atomic E-state index is 0. The summed E-state index contributed by atoms with van der Waals surface area (Å²) in [7, 11) is 0.